The SMILES string of the molecule is CC(C(=O)NC(C)(C)C)N(Cc1ccc(Br)cc1)C(=O)CN(c1ccc(OCc2ccccc2)cc1)S(C)(=O)=O. The summed E-state index contributed by atoms with van der Waals surface area (Å²) in [5.41, 5.74) is 1.63. The van der Waals surface area contributed by atoms with Crippen molar-refractivity contribution in [3.63, 3.8) is 0 Å². The highest BCUT2D eigenvalue weighted by atomic mass is 79.9. The van der Waals surface area contributed by atoms with Crippen molar-refractivity contribution in [2.24, 2.45) is 0 Å². The quantitative estimate of drug-likeness (QED) is 0.317. The first kappa shape index (κ1) is 31.2. The molecule has 0 aliphatic rings. The van der Waals surface area contributed by atoms with Gasteiger partial charge in [0.2, 0.25) is 21.8 Å². The summed E-state index contributed by atoms with van der Waals surface area (Å²) >= 11 is 3.41. The highest BCUT2D eigenvalue weighted by molar-refractivity contribution is 9.10. The Morgan fingerprint density at radius 1 is 0.925 bits per heavy atom. The van der Waals surface area contributed by atoms with Crippen LogP contribution in [0.2, 0.25) is 0 Å². The van der Waals surface area contributed by atoms with Gasteiger partial charge in [0.25, 0.3) is 0 Å². The minimum atomic E-state index is -3.83. The van der Waals surface area contributed by atoms with E-state index in [0.717, 1.165) is 26.2 Å². The van der Waals surface area contributed by atoms with Crippen LogP contribution >= 0.6 is 15.9 Å². The molecule has 40 heavy (non-hydrogen) atoms. The van der Waals surface area contributed by atoms with Gasteiger partial charge in [0.15, 0.2) is 0 Å². The third-order valence-corrected chi connectivity index (χ3v) is 7.65. The maximum Gasteiger partial charge on any atom is 0.244 e. The number of sulfonamides is 1. The van der Waals surface area contributed by atoms with Crippen molar-refractivity contribution < 1.29 is 22.7 Å². The van der Waals surface area contributed by atoms with Crippen LogP contribution in [-0.4, -0.2) is 49.5 Å². The summed E-state index contributed by atoms with van der Waals surface area (Å²) < 4.78 is 33.4. The lowest BCUT2D eigenvalue weighted by Gasteiger charge is -2.33. The molecule has 1 N–H and O–H groups in total. The third kappa shape index (κ3) is 9.38. The van der Waals surface area contributed by atoms with E-state index in [-0.39, 0.29) is 12.5 Å². The molecule has 1 atom stereocenters. The monoisotopic (exact) mass is 629 g/mol. The number of ether oxygens (including phenoxy) is 1. The second-order valence-electron chi connectivity index (χ2n) is 10.6. The molecule has 0 saturated carbocycles. The van der Waals surface area contributed by atoms with E-state index in [2.05, 4.69) is 21.2 Å². The van der Waals surface area contributed by atoms with Gasteiger partial charge in [-0.15, -0.1) is 0 Å². The Labute approximate surface area is 245 Å². The zero-order chi connectivity index (χ0) is 29.5. The molecule has 3 rings (SSSR count). The normalized spacial score (nSPS) is 12.3. The third-order valence-electron chi connectivity index (χ3n) is 5.98. The van der Waals surface area contributed by atoms with E-state index in [9.17, 15) is 18.0 Å². The molecular formula is C30H36BrN3O5S. The fraction of sp³-hybridized carbons (Fsp3) is 0.333. The number of nitrogens with zero attached hydrogens (tertiary/aromatic N) is 2. The first-order valence-electron chi connectivity index (χ1n) is 12.8. The number of halogens is 1. The van der Waals surface area contributed by atoms with E-state index in [1.807, 2.05) is 75.4 Å². The van der Waals surface area contributed by atoms with Gasteiger partial charge in [-0.05, 0) is 75.2 Å². The molecule has 10 heteroatoms. The van der Waals surface area contributed by atoms with E-state index in [1.54, 1.807) is 31.2 Å². The Morgan fingerprint density at radius 3 is 2.08 bits per heavy atom. The van der Waals surface area contributed by atoms with Crippen LogP contribution in [0.4, 0.5) is 5.69 Å². The average Bonchev–Trinajstić information content (AvgIpc) is 2.89. The lowest BCUT2D eigenvalue weighted by atomic mass is 10.1. The number of carbonyl (C=O) groups excluding carboxylic acids is 2. The van der Waals surface area contributed by atoms with Crippen LogP contribution in [0.3, 0.4) is 0 Å². The Kier molecular flexibility index (Phi) is 10.4. The number of hydrogen-bond acceptors (Lipinski definition) is 5. The summed E-state index contributed by atoms with van der Waals surface area (Å²) in [6.45, 7) is 7.25. The number of carbonyl (C=O) groups is 2. The van der Waals surface area contributed by atoms with Crippen LogP contribution in [-0.2, 0) is 32.8 Å². The topological polar surface area (TPSA) is 96.0 Å². The lowest BCUT2D eigenvalue weighted by Crippen LogP contribution is -2.54. The van der Waals surface area contributed by atoms with Gasteiger partial charge in [0.05, 0.1) is 11.9 Å². The molecule has 0 bridgehead atoms. The Bertz CT molecular complexity index is 1390. The summed E-state index contributed by atoms with van der Waals surface area (Å²) in [6, 6.07) is 22.8. The molecule has 214 valence electrons. The average molecular weight is 631 g/mol. The fourth-order valence-electron chi connectivity index (χ4n) is 3.91. The molecule has 2 amide bonds. The van der Waals surface area contributed by atoms with Gasteiger partial charge in [0.1, 0.15) is 24.9 Å². The highest BCUT2D eigenvalue weighted by Crippen LogP contribution is 2.23. The van der Waals surface area contributed by atoms with Crippen molar-refractivity contribution in [3.05, 3.63) is 94.5 Å². The van der Waals surface area contributed by atoms with Gasteiger partial charge >= 0.3 is 0 Å². The van der Waals surface area contributed by atoms with E-state index < -0.39 is 34.1 Å². The summed E-state index contributed by atoms with van der Waals surface area (Å²) in [5, 5.41) is 2.91. The maximum atomic E-state index is 13.7. The summed E-state index contributed by atoms with van der Waals surface area (Å²) in [5.74, 6) is -0.269. The standard InChI is InChI=1S/C30H36BrN3O5S/c1-22(29(36)32-30(2,3)4)33(19-23-11-13-25(31)14-12-23)28(35)20-34(40(5,37)38)26-15-17-27(18-16-26)39-21-24-9-7-6-8-10-24/h6-18,22H,19-21H2,1-5H3,(H,32,36). The minimum Gasteiger partial charge on any atom is -0.489 e. The predicted molar refractivity (Wildman–Crippen MR) is 161 cm³/mol. The summed E-state index contributed by atoms with van der Waals surface area (Å²) in [7, 11) is -3.83. The van der Waals surface area contributed by atoms with Crippen LogP contribution in [0.25, 0.3) is 0 Å². The molecule has 0 spiro atoms. The van der Waals surface area contributed by atoms with Gasteiger partial charge in [-0.2, -0.15) is 0 Å². The maximum absolute atomic E-state index is 13.7. The fourth-order valence-corrected chi connectivity index (χ4v) is 5.02. The molecule has 0 fully saturated rings. The van der Waals surface area contributed by atoms with Crippen LogP contribution in [0.5, 0.6) is 5.75 Å². The van der Waals surface area contributed by atoms with Crippen LogP contribution < -0.4 is 14.4 Å². The first-order valence-corrected chi connectivity index (χ1v) is 15.5. The zero-order valence-electron chi connectivity index (χ0n) is 23.4. The predicted octanol–water partition coefficient (Wildman–Crippen LogP) is 5.13. The molecule has 0 heterocycles. The van der Waals surface area contributed by atoms with E-state index in [0.29, 0.717) is 18.0 Å². The van der Waals surface area contributed by atoms with Crippen LogP contribution in [0.1, 0.15) is 38.8 Å². The largest absolute Gasteiger partial charge is 0.489 e. The number of rotatable bonds is 11. The van der Waals surface area contributed by atoms with Crippen LogP contribution in [0, 0.1) is 0 Å². The zero-order valence-corrected chi connectivity index (χ0v) is 25.8. The molecular weight excluding hydrogens is 594 g/mol. The molecule has 1 unspecified atom stereocenters. The number of hydrogen-bond donors (Lipinski definition) is 1. The Hall–Kier alpha value is -3.37. The van der Waals surface area contributed by atoms with Gasteiger partial charge < -0.3 is 15.0 Å². The van der Waals surface area contributed by atoms with Crippen molar-refractivity contribution in [1.82, 2.24) is 10.2 Å². The van der Waals surface area contributed by atoms with Gasteiger partial charge in [0, 0.05) is 16.6 Å². The Morgan fingerprint density at radius 2 is 1.52 bits per heavy atom. The van der Waals surface area contributed by atoms with Crippen molar-refractivity contribution in [2.75, 3.05) is 17.1 Å². The van der Waals surface area contributed by atoms with Crippen molar-refractivity contribution >= 4 is 43.5 Å². The van der Waals surface area contributed by atoms with E-state index in [1.165, 1.54) is 4.90 Å². The van der Waals surface area contributed by atoms with Crippen molar-refractivity contribution in [3.8, 4) is 5.75 Å². The molecule has 3 aromatic rings. The molecule has 0 saturated heterocycles. The van der Waals surface area contributed by atoms with Crippen molar-refractivity contribution in [2.45, 2.75) is 52.4 Å². The molecule has 0 aliphatic heterocycles. The minimum absolute atomic E-state index is 0.134. The second-order valence-corrected chi connectivity index (χ2v) is 13.4. The van der Waals surface area contributed by atoms with Gasteiger partial charge in [-0.1, -0.05) is 58.4 Å². The molecule has 0 aliphatic carbocycles. The molecule has 8 nitrogen and oxygen atoms in total. The summed E-state index contributed by atoms with van der Waals surface area (Å²) in [4.78, 5) is 28.1. The first-order chi connectivity index (χ1) is 18.7. The lowest BCUT2D eigenvalue weighted by molar-refractivity contribution is -0.140. The van der Waals surface area contributed by atoms with Gasteiger partial charge in [-0.3, -0.25) is 13.9 Å². The summed E-state index contributed by atoms with van der Waals surface area (Å²) in [6.07, 6.45) is 1.05. The molecule has 3 aromatic carbocycles. The number of nitrogens with one attached hydrogen (secondary N) is 1. The molecule has 0 aromatic heterocycles. The molecule has 0 radical (unpaired) electrons. The number of amides is 2. The van der Waals surface area contributed by atoms with Crippen LogP contribution in [0.15, 0.2) is 83.3 Å². The Balaban J connectivity index is 1.83. The highest BCUT2D eigenvalue weighted by Gasteiger charge is 2.31. The smallest absolute Gasteiger partial charge is 0.244 e. The van der Waals surface area contributed by atoms with Crippen molar-refractivity contribution in [1.29, 1.82) is 0 Å². The van der Waals surface area contributed by atoms with Gasteiger partial charge in [-0.25, -0.2) is 8.42 Å². The second kappa shape index (κ2) is 13.3. The number of benzene rings is 3. The van der Waals surface area contributed by atoms with E-state index in [4.69, 9.17) is 4.74 Å². The number of anilines is 1. The van der Waals surface area contributed by atoms with E-state index >= 15 is 0 Å².